The summed E-state index contributed by atoms with van der Waals surface area (Å²) in [7, 11) is 0. The Morgan fingerprint density at radius 3 is 2.78 bits per heavy atom. The number of hydrogen-bond acceptors (Lipinski definition) is 2. The van der Waals surface area contributed by atoms with Crippen LogP contribution in [-0.2, 0) is 0 Å². The largest absolute Gasteiger partial charge is 0.286 e. The number of nitrogens with one attached hydrogen (secondary N) is 1. The molecule has 90 valence electrons. The van der Waals surface area contributed by atoms with Gasteiger partial charge in [0.1, 0.15) is 11.1 Å². The number of nitrogens with zero attached hydrogens (tertiary/aromatic N) is 2. The Kier molecular flexibility index (Phi) is 2.54. The molecule has 18 heavy (non-hydrogen) atoms. The quantitative estimate of drug-likeness (QED) is 0.627. The van der Waals surface area contributed by atoms with E-state index in [4.69, 9.17) is 28.6 Å². The van der Waals surface area contributed by atoms with Crippen molar-refractivity contribution in [3.63, 3.8) is 0 Å². The number of halogens is 2. The summed E-state index contributed by atoms with van der Waals surface area (Å²) in [6, 6.07) is 7.19. The van der Waals surface area contributed by atoms with Crippen LogP contribution in [0.25, 0.3) is 16.6 Å². The predicted molar refractivity (Wildman–Crippen MR) is 73.3 cm³/mol. The third-order valence-corrected chi connectivity index (χ3v) is 3.34. The molecule has 0 saturated carbocycles. The van der Waals surface area contributed by atoms with Gasteiger partial charge in [-0.2, -0.15) is 0 Å². The van der Waals surface area contributed by atoms with Crippen molar-refractivity contribution in [1.82, 2.24) is 9.38 Å². The van der Waals surface area contributed by atoms with Crippen molar-refractivity contribution in [2.24, 2.45) is 0 Å². The highest BCUT2D eigenvalue weighted by molar-refractivity contribution is 6.38. The fraction of sp³-hybridized carbons (Fsp3) is 0.0769. The van der Waals surface area contributed by atoms with E-state index in [0.717, 1.165) is 5.56 Å². The van der Waals surface area contributed by atoms with E-state index in [1.807, 2.05) is 25.3 Å². The topological polar surface area (TPSA) is 41.2 Å². The Morgan fingerprint density at radius 1 is 1.22 bits per heavy atom. The molecule has 2 aromatic heterocycles. The van der Waals surface area contributed by atoms with Gasteiger partial charge in [-0.25, -0.2) is 4.98 Å². The predicted octanol–water partition coefficient (Wildman–Crippen LogP) is 3.58. The zero-order chi connectivity index (χ0) is 12.9. The van der Waals surface area contributed by atoms with Crippen molar-refractivity contribution in [3.05, 3.63) is 51.6 Å². The lowest BCUT2D eigenvalue weighted by Crippen LogP contribution is -2.16. The van der Waals surface area contributed by atoms with E-state index in [0.29, 0.717) is 32.1 Å². The van der Waals surface area contributed by atoms with Crippen molar-refractivity contribution >= 4 is 39.8 Å². The van der Waals surface area contributed by atoms with Gasteiger partial charge in [0.05, 0.1) is 15.9 Å². The standard InChI is InChI=1S/C13H9Cl2N3/c1-7-2-3-11-17-10-5-8(14)4-9(15)12(10)13(16)18(11)6-7/h2-6,16H,1H3. The lowest BCUT2D eigenvalue weighted by molar-refractivity contribution is 0.992. The first-order valence-electron chi connectivity index (χ1n) is 5.38. The molecule has 0 bridgehead atoms. The van der Waals surface area contributed by atoms with E-state index in [1.54, 1.807) is 16.5 Å². The van der Waals surface area contributed by atoms with E-state index >= 15 is 0 Å². The molecule has 0 saturated heterocycles. The van der Waals surface area contributed by atoms with Gasteiger partial charge < -0.3 is 0 Å². The van der Waals surface area contributed by atoms with Crippen molar-refractivity contribution in [1.29, 1.82) is 5.41 Å². The van der Waals surface area contributed by atoms with Crippen LogP contribution in [0.2, 0.25) is 10.0 Å². The molecule has 0 unspecified atom stereocenters. The van der Waals surface area contributed by atoms with Gasteiger partial charge in [-0.1, -0.05) is 29.3 Å². The second kappa shape index (κ2) is 3.97. The molecule has 1 N–H and O–H groups in total. The maximum atomic E-state index is 8.24. The summed E-state index contributed by atoms with van der Waals surface area (Å²) in [5.74, 6) is 0. The maximum absolute atomic E-state index is 8.24. The van der Waals surface area contributed by atoms with Gasteiger partial charge in [-0.15, -0.1) is 0 Å². The van der Waals surface area contributed by atoms with Crippen LogP contribution in [0, 0.1) is 12.3 Å². The number of aromatic nitrogens is 2. The van der Waals surface area contributed by atoms with Crippen LogP contribution in [0.5, 0.6) is 0 Å². The molecule has 5 heteroatoms. The number of pyridine rings is 1. The monoisotopic (exact) mass is 277 g/mol. The summed E-state index contributed by atoms with van der Waals surface area (Å²) in [6.07, 6.45) is 1.87. The van der Waals surface area contributed by atoms with Crippen LogP contribution in [-0.4, -0.2) is 9.38 Å². The zero-order valence-electron chi connectivity index (χ0n) is 9.54. The summed E-state index contributed by atoms with van der Waals surface area (Å²) in [5, 5.41) is 9.82. The first-order chi connectivity index (χ1) is 8.56. The summed E-state index contributed by atoms with van der Waals surface area (Å²) in [5.41, 5.74) is 2.73. The summed E-state index contributed by atoms with van der Waals surface area (Å²) in [6.45, 7) is 1.97. The molecule has 0 fully saturated rings. The number of rotatable bonds is 0. The third kappa shape index (κ3) is 1.67. The Labute approximate surface area is 113 Å². The van der Waals surface area contributed by atoms with Crippen LogP contribution >= 0.6 is 23.2 Å². The molecule has 0 aliphatic heterocycles. The molecular weight excluding hydrogens is 269 g/mol. The molecule has 0 radical (unpaired) electrons. The van der Waals surface area contributed by atoms with Gasteiger partial charge >= 0.3 is 0 Å². The first kappa shape index (κ1) is 11.5. The number of fused-ring (bicyclic) bond motifs is 2. The lowest BCUT2D eigenvalue weighted by Gasteiger charge is -2.07. The molecule has 0 atom stereocenters. The molecule has 0 aliphatic carbocycles. The van der Waals surface area contributed by atoms with Gasteiger partial charge in [-0.3, -0.25) is 9.81 Å². The van der Waals surface area contributed by atoms with Crippen LogP contribution in [0.4, 0.5) is 0 Å². The normalized spacial score (nSPS) is 11.3. The molecule has 0 amide bonds. The van der Waals surface area contributed by atoms with E-state index in [-0.39, 0.29) is 0 Å². The number of aryl methyl sites for hydroxylation is 1. The van der Waals surface area contributed by atoms with E-state index in [9.17, 15) is 0 Å². The van der Waals surface area contributed by atoms with E-state index in [2.05, 4.69) is 4.98 Å². The van der Waals surface area contributed by atoms with Gasteiger partial charge in [-0.05, 0) is 30.7 Å². The SMILES string of the molecule is Cc1ccc2nc3cc(Cl)cc(Cl)c3c(=N)n2c1. The molecular formula is C13H9Cl2N3. The summed E-state index contributed by atoms with van der Waals surface area (Å²) in [4.78, 5) is 4.48. The first-order valence-corrected chi connectivity index (χ1v) is 6.14. The molecule has 3 aromatic rings. The van der Waals surface area contributed by atoms with Crippen molar-refractivity contribution in [3.8, 4) is 0 Å². The smallest absolute Gasteiger partial charge is 0.141 e. The summed E-state index contributed by atoms with van der Waals surface area (Å²) >= 11 is 12.1. The Balaban J connectivity index is 2.61. The molecule has 2 heterocycles. The Hall–Kier alpha value is -1.58. The van der Waals surface area contributed by atoms with E-state index < -0.39 is 0 Å². The van der Waals surface area contributed by atoms with Gasteiger partial charge in [0.2, 0.25) is 0 Å². The van der Waals surface area contributed by atoms with Crippen molar-refractivity contribution in [2.45, 2.75) is 6.92 Å². The average Bonchev–Trinajstić information content (AvgIpc) is 2.29. The average molecular weight is 278 g/mol. The number of benzene rings is 1. The van der Waals surface area contributed by atoms with E-state index in [1.165, 1.54) is 0 Å². The fourth-order valence-electron chi connectivity index (χ4n) is 2.00. The van der Waals surface area contributed by atoms with Crippen LogP contribution in [0.15, 0.2) is 30.5 Å². The minimum atomic E-state index is 0.320. The Morgan fingerprint density at radius 2 is 2.00 bits per heavy atom. The van der Waals surface area contributed by atoms with Gasteiger partial charge in [0, 0.05) is 11.2 Å². The van der Waals surface area contributed by atoms with Crippen LogP contribution in [0.3, 0.4) is 0 Å². The molecule has 1 aromatic carbocycles. The molecule has 0 spiro atoms. The van der Waals surface area contributed by atoms with Gasteiger partial charge in [0.15, 0.2) is 0 Å². The second-order valence-corrected chi connectivity index (χ2v) is 5.02. The highest BCUT2D eigenvalue weighted by Crippen LogP contribution is 2.24. The zero-order valence-corrected chi connectivity index (χ0v) is 11.0. The minimum absolute atomic E-state index is 0.320. The highest BCUT2D eigenvalue weighted by atomic mass is 35.5. The second-order valence-electron chi connectivity index (χ2n) is 4.18. The summed E-state index contributed by atoms with van der Waals surface area (Å²) < 4.78 is 1.72. The van der Waals surface area contributed by atoms with Crippen molar-refractivity contribution < 1.29 is 0 Å². The van der Waals surface area contributed by atoms with Crippen LogP contribution < -0.4 is 5.49 Å². The minimum Gasteiger partial charge on any atom is -0.286 e. The highest BCUT2D eigenvalue weighted by Gasteiger charge is 2.08. The van der Waals surface area contributed by atoms with Gasteiger partial charge in [0.25, 0.3) is 0 Å². The fourth-order valence-corrected chi connectivity index (χ4v) is 2.57. The third-order valence-electron chi connectivity index (χ3n) is 2.82. The molecule has 3 rings (SSSR count). The number of hydrogen-bond donors (Lipinski definition) is 1. The Bertz CT molecular complexity index is 837. The molecule has 0 aliphatic rings. The lowest BCUT2D eigenvalue weighted by atomic mass is 10.2. The molecule has 3 nitrogen and oxygen atoms in total. The maximum Gasteiger partial charge on any atom is 0.141 e. The van der Waals surface area contributed by atoms with Crippen molar-refractivity contribution in [2.75, 3.05) is 0 Å². The van der Waals surface area contributed by atoms with Crippen LogP contribution in [0.1, 0.15) is 5.56 Å².